The van der Waals surface area contributed by atoms with E-state index in [9.17, 15) is 0 Å². The molecule has 6 nitrogen and oxygen atoms in total. The summed E-state index contributed by atoms with van der Waals surface area (Å²) < 4.78 is 10.4. The van der Waals surface area contributed by atoms with Crippen molar-refractivity contribution in [2.45, 2.75) is 6.92 Å². The lowest BCUT2D eigenvalue weighted by Crippen LogP contribution is -2.37. The predicted molar refractivity (Wildman–Crippen MR) is 83.9 cm³/mol. The highest BCUT2D eigenvalue weighted by Gasteiger charge is 2.19. The van der Waals surface area contributed by atoms with Crippen molar-refractivity contribution in [3.05, 3.63) is 16.9 Å². The maximum atomic E-state index is 5.41. The van der Waals surface area contributed by atoms with Gasteiger partial charge >= 0.3 is 0 Å². The largest absolute Gasteiger partial charge is 0.381 e. The number of anilines is 1. The van der Waals surface area contributed by atoms with E-state index in [-0.39, 0.29) is 0 Å². The zero-order valence-corrected chi connectivity index (χ0v) is 13.0. The van der Waals surface area contributed by atoms with Crippen molar-refractivity contribution in [3.63, 3.8) is 0 Å². The molecule has 0 radical (unpaired) electrons. The number of thiazole rings is 1. The van der Waals surface area contributed by atoms with E-state index in [1.54, 1.807) is 18.4 Å². The molecule has 112 valence electrons. The summed E-state index contributed by atoms with van der Waals surface area (Å²) in [4.78, 5) is 16.9. The summed E-state index contributed by atoms with van der Waals surface area (Å²) in [6, 6.07) is 0. The molecule has 1 saturated heterocycles. The Balaban J connectivity index is 1.98. The molecule has 0 atom stereocenters. The van der Waals surface area contributed by atoms with Gasteiger partial charge in [0.15, 0.2) is 5.82 Å². The van der Waals surface area contributed by atoms with Gasteiger partial charge in [0.1, 0.15) is 21.2 Å². The fourth-order valence-electron chi connectivity index (χ4n) is 2.24. The van der Waals surface area contributed by atoms with Gasteiger partial charge in [-0.05, 0) is 13.0 Å². The molecule has 2 aromatic rings. The highest BCUT2D eigenvalue weighted by molar-refractivity contribution is 7.19. The van der Waals surface area contributed by atoms with Crippen molar-refractivity contribution in [3.8, 4) is 0 Å². The van der Waals surface area contributed by atoms with Gasteiger partial charge in [-0.15, -0.1) is 0 Å². The van der Waals surface area contributed by atoms with Gasteiger partial charge in [0.05, 0.1) is 19.8 Å². The summed E-state index contributed by atoms with van der Waals surface area (Å²) in [6.45, 7) is 5.65. The number of methoxy groups -OCH3 is 1. The van der Waals surface area contributed by atoms with Crippen LogP contribution in [-0.4, -0.2) is 55.0 Å². The molecule has 1 fully saturated rings. The van der Waals surface area contributed by atoms with Crippen molar-refractivity contribution >= 4 is 33.6 Å². The summed E-state index contributed by atoms with van der Waals surface area (Å²) in [5, 5.41) is 0.927. The predicted octanol–water partition coefficient (Wildman–Crippen LogP) is 1.89. The molecule has 0 bridgehead atoms. The fourth-order valence-corrected chi connectivity index (χ4v) is 3.15. The van der Waals surface area contributed by atoms with Crippen LogP contribution < -0.4 is 4.90 Å². The second kappa shape index (κ2) is 6.46. The number of fused-ring (bicyclic) bond motifs is 1. The summed E-state index contributed by atoms with van der Waals surface area (Å²) in [7, 11) is 1.67. The van der Waals surface area contributed by atoms with Crippen molar-refractivity contribution in [2.75, 3.05) is 44.9 Å². The van der Waals surface area contributed by atoms with Crippen molar-refractivity contribution in [1.82, 2.24) is 15.0 Å². The Morgan fingerprint density at radius 2 is 2.10 bits per heavy atom. The zero-order valence-electron chi connectivity index (χ0n) is 12.2. The third-order valence-electron chi connectivity index (χ3n) is 3.20. The number of morpholine rings is 1. The van der Waals surface area contributed by atoms with E-state index >= 15 is 0 Å². The van der Waals surface area contributed by atoms with Crippen LogP contribution in [0.3, 0.4) is 0 Å². The van der Waals surface area contributed by atoms with Gasteiger partial charge < -0.3 is 14.4 Å². The quantitative estimate of drug-likeness (QED) is 0.859. The highest BCUT2D eigenvalue weighted by Crippen LogP contribution is 2.29. The van der Waals surface area contributed by atoms with Gasteiger partial charge in [0.2, 0.25) is 0 Å². The number of nitrogens with zero attached hydrogens (tertiary/aromatic N) is 4. The maximum Gasteiger partial charge on any atom is 0.160 e. The first-order valence-corrected chi connectivity index (χ1v) is 7.73. The fraction of sp³-hybridized carbons (Fsp3) is 0.500. The van der Waals surface area contributed by atoms with Crippen LogP contribution in [0.2, 0.25) is 0 Å². The van der Waals surface area contributed by atoms with Crippen LogP contribution in [0.1, 0.15) is 10.8 Å². The van der Waals surface area contributed by atoms with Gasteiger partial charge in [-0.1, -0.05) is 17.4 Å². The second-order valence-electron chi connectivity index (χ2n) is 4.76. The third-order valence-corrected chi connectivity index (χ3v) is 4.12. The standard InChI is InChI=1S/C14H18N4O2S/c1-10-15-13(18-5-8-20-9-6-18)12-14(16-10)21-11(17-12)4-3-7-19-2/h3-4H,5-9H2,1-2H3/b4-3-. The average molecular weight is 306 g/mol. The van der Waals surface area contributed by atoms with Gasteiger partial charge in [-0.2, -0.15) is 0 Å². The number of ether oxygens (including phenoxy) is 2. The number of hydrogen-bond acceptors (Lipinski definition) is 7. The molecule has 0 saturated carbocycles. The first-order chi connectivity index (χ1) is 10.3. The van der Waals surface area contributed by atoms with E-state index in [0.29, 0.717) is 6.61 Å². The van der Waals surface area contributed by atoms with Crippen LogP contribution in [0.5, 0.6) is 0 Å². The lowest BCUT2D eigenvalue weighted by Gasteiger charge is -2.27. The van der Waals surface area contributed by atoms with E-state index in [1.807, 2.05) is 19.1 Å². The Morgan fingerprint density at radius 3 is 2.86 bits per heavy atom. The van der Waals surface area contributed by atoms with Gasteiger partial charge in [0, 0.05) is 20.2 Å². The molecule has 7 heteroatoms. The molecule has 3 rings (SSSR count). The van der Waals surface area contributed by atoms with E-state index in [0.717, 1.165) is 53.3 Å². The Morgan fingerprint density at radius 1 is 1.29 bits per heavy atom. The van der Waals surface area contributed by atoms with Crippen LogP contribution in [0, 0.1) is 6.92 Å². The summed E-state index contributed by atoms with van der Waals surface area (Å²) in [6.07, 6.45) is 3.92. The molecule has 0 amide bonds. The number of aromatic nitrogens is 3. The number of aryl methyl sites for hydroxylation is 1. The molecule has 21 heavy (non-hydrogen) atoms. The highest BCUT2D eigenvalue weighted by atomic mass is 32.1. The molecule has 0 aliphatic carbocycles. The zero-order chi connectivity index (χ0) is 14.7. The maximum absolute atomic E-state index is 5.41. The third kappa shape index (κ3) is 3.20. The van der Waals surface area contributed by atoms with Crippen molar-refractivity contribution < 1.29 is 9.47 Å². The van der Waals surface area contributed by atoms with E-state index in [1.165, 1.54) is 0 Å². The topological polar surface area (TPSA) is 60.4 Å². The molecule has 0 spiro atoms. The van der Waals surface area contributed by atoms with E-state index in [2.05, 4.69) is 19.9 Å². The van der Waals surface area contributed by atoms with Crippen LogP contribution in [-0.2, 0) is 9.47 Å². The van der Waals surface area contributed by atoms with Crippen LogP contribution in [0.15, 0.2) is 6.08 Å². The number of hydrogen-bond donors (Lipinski definition) is 0. The molecular formula is C14H18N4O2S. The van der Waals surface area contributed by atoms with Crippen LogP contribution in [0.4, 0.5) is 5.82 Å². The summed E-state index contributed by atoms with van der Waals surface area (Å²) in [5.74, 6) is 1.70. The second-order valence-corrected chi connectivity index (χ2v) is 5.77. The lowest BCUT2D eigenvalue weighted by molar-refractivity contribution is 0.122. The van der Waals surface area contributed by atoms with Crippen molar-refractivity contribution in [1.29, 1.82) is 0 Å². The summed E-state index contributed by atoms with van der Waals surface area (Å²) >= 11 is 1.58. The summed E-state index contributed by atoms with van der Waals surface area (Å²) in [5.41, 5.74) is 0.879. The minimum Gasteiger partial charge on any atom is -0.381 e. The SMILES string of the molecule is COC/C=C\c1nc2c(N3CCOCC3)nc(C)nc2s1. The lowest BCUT2D eigenvalue weighted by atomic mass is 10.3. The Kier molecular flexibility index (Phi) is 4.42. The van der Waals surface area contributed by atoms with Gasteiger partial charge in [-0.3, -0.25) is 0 Å². The van der Waals surface area contributed by atoms with Gasteiger partial charge in [0.25, 0.3) is 0 Å². The van der Waals surface area contributed by atoms with E-state index in [4.69, 9.17) is 9.47 Å². The Labute approximate surface area is 127 Å². The smallest absolute Gasteiger partial charge is 0.160 e. The molecule has 0 N–H and O–H groups in total. The normalized spacial score (nSPS) is 16.2. The number of rotatable bonds is 4. The van der Waals surface area contributed by atoms with Crippen molar-refractivity contribution in [2.24, 2.45) is 0 Å². The minimum absolute atomic E-state index is 0.580. The molecule has 0 aromatic carbocycles. The first kappa shape index (κ1) is 14.4. The average Bonchev–Trinajstić information content (AvgIpc) is 2.90. The molecule has 2 aromatic heterocycles. The molecule has 1 aliphatic heterocycles. The minimum atomic E-state index is 0.580. The van der Waals surface area contributed by atoms with E-state index < -0.39 is 0 Å². The molecule has 1 aliphatic rings. The molecule has 3 heterocycles. The van der Waals surface area contributed by atoms with Crippen LogP contribution >= 0.6 is 11.3 Å². The Bertz CT molecular complexity index is 650. The molecular weight excluding hydrogens is 288 g/mol. The first-order valence-electron chi connectivity index (χ1n) is 6.91. The van der Waals surface area contributed by atoms with Crippen LogP contribution in [0.25, 0.3) is 16.4 Å². The monoisotopic (exact) mass is 306 g/mol. The van der Waals surface area contributed by atoms with Gasteiger partial charge in [-0.25, -0.2) is 15.0 Å². The Hall–Kier alpha value is -1.57. The molecule has 0 unspecified atom stereocenters.